The lowest BCUT2D eigenvalue weighted by atomic mass is 10.0. The highest BCUT2D eigenvalue weighted by Gasteiger charge is 2.18. The van der Waals surface area contributed by atoms with E-state index in [0.717, 1.165) is 0 Å². The molecule has 0 saturated heterocycles. The molecule has 0 saturated carbocycles. The Bertz CT molecular complexity index is 437. The molecule has 0 amide bonds. The number of methoxy groups -OCH3 is 1. The molecule has 1 N–H and O–H groups in total. The zero-order valence-corrected chi connectivity index (χ0v) is 8.91. The number of rotatable bonds is 2. The molecule has 0 unspecified atom stereocenters. The first-order valence-electron chi connectivity index (χ1n) is 4.09. The molecular weight excluding hydrogens is 214 g/mol. The Morgan fingerprint density at radius 3 is 2.80 bits per heavy atom. The van der Waals surface area contributed by atoms with Gasteiger partial charge in [-0.1, -0.05) is 6.07 Å². The molecule has 4 nitrogen and oxygen atoms in total. The van der Waals surface area contributed by atoms with E-state index >= 15 is 0 Å². The number of aliphatic hydroxyl groups is 1. The van der Waals surface area contributed by atoms with Crippen LogP contribution in [-0.4, -0.2) is 18.2 Å². The lowest BCUT2D eigenvalue weighted by molar-refractivity contribution is 0.0596. The van der Waals surface area contributed by atoms with Gasteiger partial charge in [-0.2, -0.15) is 5.26 Å². The average molecular weight is 223 g/mol. The van der Waals surface area contributed by atoms with Gasteiger partial charge in [0, 0.05) is 4.90 Å². The van der Waals surface area contributed by atoms with Gasteiger partial charge in [0.25, 0.3) is 0 Å². The van der Waals surface area contributed by atoms with Crippen LogP contribution in [0.3, 0.4) is 0 Å². The Morgan fingerprint density at radius 2 is 2.33 bits per heavy atom. The number of thiol groups is 1. The maximum absolute atomic E-state index is 11.4. The van der Waals surface area contributed by atoms with Crippen molar-refractivity contribution in [2.24, 2.45) is 0 Å². The Kier molecular flexibility index (Phi) is 3.72. The second-order valence-corrected chi connectivity index (χ2v) is 3.24. The molecule has 5 heteroatoms. The van der Waals surface area contributed by atoms with Crippen molar-refractivity contribution in [2.75, 3.05) is 7.11 Å². The van der Waals surface area contributed by atoms with Gasteiger partial charge in [0.15, 0.2) is 0 Å². The number of aliphatic hydroxyl groups excluding tert-OH is 1. The van der Waals surface area contributed by atoms with E-state index in [1.165, 1.54) is 13.2 Å². The molecule has 0 aliphatic heterocycles. The molecule has 1 aromatic rings. The molecule has 15 heavy (non-hydrogen) atoms. The van der Waals surface area contributed by atoms with Crippen molar-refractivity contribution in [3.63, 3.8) is 0 Å². The summed E-state index contributed by atoms with van der Waals surface area (Å²) in [6.45, 7) is -0.326. The predicted octanol–water partition coefficient (Wildman–Crippen LogP) is 1.13. The Labute approximate surface area is 92.5 Å². The zero-order valence-electron chi connectivity index (χ0n) is 8.02. The minimum absolute atomic E-state index is 0.0787. The highest BCUT2D eigenvalue weighted by atomic mass is 32.1. The highest BCUT2D eigenvalue weighted by molar-refractivity contribution is 7.80. The number of carbonyl (C=O) groups is 1. The van der Waals surface area contributed by atoms with Crippen LogP contribution in [0.1, 0.15) is 21.5 Å². The summed E-state index contributed by atoms with van der Waals surface area (Å²) in [5, 5.41) is 17.9. The van der Waals surface area contributed by atoms with Gasteiger partial charge in [-0.3, -0.25) is 0 Å². The Hall–Kier alpha value is -1.51. The van der Waals surface area contributed by atoms with Crippen LogP contribution in [0, 0.1) is 11.3 Å². The third kappa shape index (κ3) is 2.12. The average Bonchev–Trinajstić information content (AvgIpc) is 2.27. The number of hydrogen-bond donors (Lipinski definition) is 2. The smallest absolute Gasteiger partial charge is 0.339 e. The predicted molar refractivity (Wildman–Crippen MR) is 55.7 cm³/mol. The van der Waals surface area contributed by atoms with E-state index < -0.39 is 5.97 Å². The number of esters is 1. The maximum atomic E-state index is 11.4. The molecule has 0 aliphatic carbocycles. The van der Waals surface area contributed by atoms with Crippen LogP contribution in [0.2, 0.25) is 0 Å². The van der Waals surface area contributed by atoms with E-state index in [4.69, 9.17) is 10.4 Å². The first-order chi connectivity index (χ1) is 7.15. The second-order valence-electron chi connectivity index (χ2n) is 2.76. The molecule has 1 rings (SSSR count). The zero-order chi connectivity index (χ0) is 11.4. The number of nitriles is 1. The van der Waals surface area contributed by atoms with Crippen molar-refractivity contribution in [1.29, 1.82) is 5.26 Å². The quantitative estimate of drug-likeness (QED) is 0.582. The molecule has 0 radical (unpaired) electrons. The Morgan fingerprint density at radius 1 is 1.67 bits per heavy atom. The largest absolute Gasteiger partial charge is 0.465 e. The van der Waals surface area contributed by atoms with Crippen LogP contribution in [0.15, 0.2) is 17.0 Å². The fraction of sp³-hybridized carbons (Fsp3) is 0.200. The van der Waals surface area contributed by atoms with Crippen LogP contribution in [0.5, 0.6) is 0 Å². The van der Waals surface area contributed by atoms with Crippen molar-refractivity contribution in [1.82, 2.24) is 0 Å². The van der Waals surface area contributed by atoms with E-state index in [2.05, 4.69) is 17.4 Å². The van der Waals surface area contributed by atoms with Crippen molar-refractivity contribution in [3.8, 4) is 6.07 Å². The van der Waals surface area contributed by atoms with E-state index in [0.29, 0.717) is 10.5 Å². The van der Waals surface area contributed by atoms with Gasteiger partial charge < -0.3 is 9.84 Å². The number of carbonyl (C=O) groups excluding carboxylic acids is 1. The summed E-state index contributed by atoms with van der Waals surface area (Å²) >= 11 is 4.06. The number of hydrogen-bond acceptors (Lipinski definition) is 5. The lowest BCUT2D eigenvalue weighted by Gasteiger charge is -2.08. The number of ether oxygens (including phenoxy) is 1. The minimum Gasteiger partial charge on any atom is -0.465 e. The number of benzene rings is 1. The van der Waals surface area contributed by atoms with Gasteiger partial charge >= 0.3 is 5.97 Å². The number of nitrogens with zero attached hydrogens (tertiary/aromatic N) is 1. The summed E-state index contributed by atoms with van der Waals surface area (Å²) in [6, 6.07) is 4.96. The molecule has 0 heterocycles. The minimum atomic E-state index is -0.647. The van der Waals surface area contributed by atoms with Crippen LogP contribution in [0.4, 0.5) is 0 Å². The van der Waals surface area contributed by atoms with Gasteiger partial charge in [-0.25, -0.2) is 4.79 Å². The fourth-order valence-corrected chi connectivity index (χ4v) is 1.45. The van der Waals surface area contributed by atoms with Gasteiger partial charge in [0.2, 0.25) is 0 Å². The summed E-state index contributed by atoms with van der Waals surface area (Å²) in [6.07, 6.45) is 0. The fourth-order valence-electron chi connectivity index (χ4n) is 1.21. The molecule has 78 valence electrons. The van der Waals surface area contributed by atoms with Crippen molar-refractivity contribution in [2.45, 2.75) is 11.5 Å². The van der Waals surface area contributed by atoms with Gasteiger partial charge in [-0.05, 0) is 11.6 Å². The Balaban J connectivity index is 3.49. The summed E-state index contributed by atoms with van der Waals surface area (Å²) in [7, 11) is 1.22. The standard InChI is InChI=1S/C10H9NO3S/c1-14-10(13)9-6(5-12)2-3-8(15)7(9)4-11/h2-3,12,15H,5H2,1H3. The highest BCUT2D eigenvalue weighted by Crippen LogP contribution is 2.22. The molecule has 0 fully saturated rings. The van der Waals surface area contributed by atoms with Crippen molar-refractivity contribution >= 4 is 18.6 Å². The van der Waals surface area contributed by atoms with Gasteiger partial charge in [-0.15, -0.1) is 12.6 Å². The normalized spacial score (nSPS) is 9.47. The molecule has 1 aromatic carbocycles. The summed E-state index contributed by atoms with van der Waals surface area (Å²) in [4.78, 5) is 11.8. The summed E-state index contributed by atoms with van der Waals surface area (Å²) < 4.78 is 4.54. The van der Waals surface area contributed by atoms with E-state index in [9.17, 15) is 4.79 Å². The molecule has 0 bridgehead atoms. The second kappa shape index (κ2) is 4.82. The van der Waals surface area contributed by atoms with Crippen LogP contribution in [0.25, 0.3) is 0 Å². The first kappa shape index (κ1) is 11.6. The van der Waals surface area contributed by atoms with Gasteiger partial charge in [0.05, 0.1) is 24.8 Å². The van der Waals surface area contributed by atoms with Crippen molar-refractivity contribution < 1.29 is 14.6 Å². The lowest BCUT2D eigenvalue weighted by Crippen LogP contribution is -2.09. The third-order valence-electron chi connectivity index (χ3n) is 1.94. The van der Waals surface area contributed by atoms with E-state index in [1.54, 1.807) is 6.07 Å². The summed E-state index contributed by atoms with van der Waals surface area (Å²) in [5.41, 5.74) is 0.558. The monoisotopic (exact) mass is 223 g/mol. The maximum Gasteiger partial charge on any atom is 0.339 e. The molecule has 0 atom stereocenters. The van der Waals surface area contributed by atoms with Crippen molar-refractivity contribution in [3.05, 3.63) is 28.8 Å². The van der Waals surface area contributed by atoms with Crippen LogP contribution in [-0.2, 0) is 11.3 Å². The van der Waals surface area contributed by atoms with Gasteiger partial charge in [0.1, 0.15) is 6.07 Å². The van der Waals surface area contributed by atoms with E-state index in [-0.39, 0.29) is 17.7 Å². The SMILES string of the molecule is COC(=O)c1c(CO)ccc(S)c1C#N. The molecular formula is C10H9NO3S. The molecule has 0 spiro atoms. The molecule has 0 aliphatic rings. The topological polar surface area (TPSA) is 70.3 Å². The first-order valence-corrected chi connectivity index (χ1v) is 4.54. The van der Waals surface area contributed by atoms with Crippen LogP contribution < -0.4 is 0 Å². The summed E-state index contributed by atoms with van der Waals surface area (Å²) in [5.74, 6) is -0.647. The van der Waals surface area contributed by atoms with Crippen LogP contribution >= 0.6 is 12.6 Å². The third-order valence-corrected chi connectivity index (χ3v) is 2.31. The van der Waals surface area contributed by atoms with E-state index in [1.807, 2.05) is 6.07 Å². The molecule has 0 aromatic heterocycles.